The second-order valence-corrected chi connectivity index (χ2v) is 18.1. The van der Waals surface area contributed by atoms with Crippen LogP contribution in [-0.4, -0.2) is 69.8 Å². The molecule has 4 amide bonds. The molecule has 14 heteroatoms. The molecule has 7 atom stereocenters. The zero-order valence-corrected chi connectivity index (χ0v) is 38.2. The molecule has 1 aromatic heterocycles. The number of urea groups is 1. The SMILES string of the molecule is CC(NC(=O)N1C(=O)C2(c3cc(C#CCCO)ccc31)C(C(=O)Nc1nc3ccccc3s1)C1C(=O)OC(c3ccccc3)C(c3ccccc3)N1C2c1cccc(OCCO)c1)c1ccccc1. The van der Waals surface area contributed by atoms with Gasteiger partial charge in [0, 0.05) is 12.0 Å². The van der Waals surface area contributed by atoms with Gasteiger partial charge in [-0.3, -0.25) is 19.3 Å². The van der Waals surface area contributed by atoms with Gasteiger partial charge in [-0.25, -0.2) is 14.7 Å². The quantitative estimate of drug-likeness (QED) is 0.0733. The molecule has 1 spiro atoms. The molecule has 0 aliphatic carbocycles. The molecule has 0 radical (unpaired) electrons. The van der Waals surface area contributed by atoms with Crippen LogP contribution < -0.4 is 20.3 Å². The molecule has 346 valence electrons. The first kappa shape index (κ1) is 45.1. The summed E-state index contributed by atoms with van der Waals surface area (Å²) in [6.45, 7) is 1.34. The number of carbonyl (C=O) groups is 4. The zero-order valence-electron chi connectivity index (χ0n) is 37.4. The summed E-state index contributed by atoms with van der Waals surface area (Å²) in [4.78, 5) is 71.0. The van der Waals surface area contributed by atoms with Crippen LogP contribution in [0.5, 0.6) is 5.75 Å². The van der Waals surface area contributed by atoms with E-state index < -0.39 is 65.4 Å². The van der Waals surface area contributed by atoms with Crippen molar-refractivity contribution in [3.8, 4) is 17.6 Å². The van der Waals surface area contributed by atoms with Gasteiger partial charge in [-0.2, -0.15) is 0 Å². The second-order valence-electron chi connectivity index (χ2n) is 17.1. The third-order valence-corrected chi connectivity index (χ3v) is 14.1. The minimum absolute atomic E-state index is 0.0287. The van der Waals surface area contributed by atoms with E-state index in [0.29, 0.717) is 28.0 Å². The van der Waals surface area contributed by atoms with Gasteiger partial charge >= 0.3 is 12.0 Å². The largest absolute Gasteiger partial charge is 0.491 e. The van der Waals surface area contributed by atoms with Gasteiger partial charge in [-0.1, -0.05) is 138 Å². The molecule has 0 saturated carbocycles. The minimum atomic E-state index is -2.07. The van der Waals surface area contributed by atoms with Crippen molar-refractivity contribution in [3.05, 3.63) is 191 Å². The van der Waals surface area contributed by atoms with Gasteiger partial charge in [0.15, 0.2) is 5.13 Å². The molecule has 4 N–H and O–H groups in total. The fourth-order valence-electron chi connectivity index (χ4n) is 10.3. The Kier molecular flexibility index (Phi) is 12.5. The highest BCUT2D eigenvalue weighted by molar-refractivity contribution is 7.22. The van der Waals surface area contributed by atoms with Crippen LogP contribution in [-0.2, 0) is 24.5 Å². The molecule has 10 rings (SSSR count). The number of amides is 4. The molecular weight excluding hydrogens is 891 g/mol. The summed E-state index contributed by atoms with van der Waals surface area (Å²) >= 11 is 1.25. The molecule has 69 heavy (non-hydrogen) atoms. The van der Waals surface area contributed by atoms with E-state index in [9.17, 15) is 10.2 Å². The predicted octanol–water partition coefficient (Wildman–Crippen LogP) is 8.18. The Bertz CT molecular complexity index is 3090. The summed E-state index contributed by atoms with van der Waals surface area (Å²) in [5.41, 5.74) is 2.22. The van der Waals surface area contributed by atoms with Crippen molar-refractivity contribution in [2.45, 2.75) is 49.0 Å². The Labute approximate surface area is 402 Å². The van der Waals surface area contributed by atoms with Crippen molar-refractivity contribution in [1.29, 1.82) is 0 Å². The number of hydrogen-bond donors (Lipinski definition) is 4. The second kappa shape index (κ2) is 19.1. The van der Waals surface area contributed by atoms with Crippen LogP contribution in [0.15, 0.2) is 158 Å². The number of thiazole rings is 1. The highest BCUT2D eigenvalue weighted by atomic mass is 32.1. The van der Waals surface area contributed by atoms with Crippen molar-refractivity contribution in [2.24, 2.45) is 5.92 Å². The molecule has 4 heterocycles. The number of esters is 1. The number of carbonyl (C=O) groups excluding carboxylic acids is 4. The van der Waals surface area contributed by atoms with Gasteiger partial charge in [-0.05, 0) is 77.2 Å². The third-order valence-electron chi connectivity index (χ3n) is 13.1. The van der Waals surface area contributed by atoms with Crippen LogP contribution in [0.4, 0.5) is 15.6 Å². The molecule has 2 saturated heterocycles. The van der Waals surface area contributed by atoms with Crippen LogP contribution in [0, 0.1) is 17.8 Å². The Morgan fingerprint density at radius 1 is 0.812 bits per heavy atom. The zero-order chi connectivity index (χ0) is 47.6. The van der Waals surface area contributed by atoms with Gasteiger partial charge in [-0.15, -0.1) is 0 Å². The average molecular weight is 938 g/mol. The Hall–Kier alpha value is -7.67. The van der Waals surface area contributed by atoms with E-state index in [4.69, 9.17) is 14.5 Å². The molecule has 2 fully saturated rings. The van der Waals surface area contributed by atoms with Crippen LogP contribution in [0.1, 0.15) is 71.0 Å². The number of imide groups is 1. The van der Waals surface area contributed by atoms with Crippen molar-refractivity contribution in [3.63, 3.8) is 0 Å². The first-order chi connectivity index (χ1) is 33.7. The van der Waals surface area contributed by atoms with E-state index in [1.165, 1.54) is 11.3 Å². The Morgan fingerprint density at radius 2 is 1.51 bits per heavy atom. The number of fused-ring (bicyclic) bond motifs is 4. The van der Waals surface area contributed by atoms with Crippen molar-refractivity contribution < 1.29 is 38.9 Å². The summed E-state index contributed by atoms with van der Waals surface area (Å²) in [5.74, 6) is 2.69. The first-order valence-electron chi connectivity index (χ1n) is 22.7. The Balaban J connectivity index is 1.27. The van der Waals surface area contributed by atoms with Crippen LogP contribution in [0.2, 0.25) is 0 Å². The number of nitrogens with zero attached hydrogens (tertiary/aromatic N) is 3. The summed E-state index contributed by atoms with van der Waals surface area (Å²) < 4.78 is 13.4. The standard InChI is InChI=1S/C55H47N5O8S/c1-34(36-17-5-2-6-18-36)56-54(66)59-43-28-27-35(16-13-14-29-61)32-41(43)55(52(59)65)45(50(63)58-53-57-42-25-11-12-26-44(42)69-53)47-51(64)68-48(38-21-9-4-10-22-38)46(37-19-7-3-8-20-37)60(47)49(55)39-23-15-24-40(33-39)67-31-30-62/h2-12,15,17-28,32-34,45-49,61-62H,14,29-31H2,1H3,(H,56,66)(H,57,58,63). The van der Waals surface area contributed by atoms with Gasteiger partial charge in [0.1, 0.15) is 29.9 Å². The maximum absolute atomic E-state index is 16.7. The lowest BCUT2D eigenvalue weighted by Crippen LogP contribution is -2.55. The monoisotopic (exact) mass is 937 g/mol. The number of nitrogens with one attached hydrogen (secondary N) is 2. The van der Waals surface area contributed by atoms with E-state index in [1.807, 2.05) is 133 Å². The number of morpholine rings is 1. The molecule has 3 aliphatic rings. The third kappa shape index (κ3) is 8.09. The number of rotatable bonds is 11. The number of cyclic esters (lactones) is 1. The maximum Gasteiger partial charge on any atom is 0.329 e. The molecule has 7 unspecified atom stereocenters. The number of anilines is 2. The summed E-state index contributed by atoms with van der Waals surface area (Å²) in [6.07, 6.45) is -0.764. The first-order valence-corrected chi connectivity index (χ1v) is 23.6. The van der Waals surface area contributed by atoms with Gasteiger partial charge < -0.3 is 30.3 Å². The van der Waals surface area contributed by atoms with E-state index in [2.05, 4.69) is 22.5 Å². The van der Waals surface area contributed by atoms with Crippen molar-refractivity contribution in [2.75, 3.05) is 30.0 Å². The van der Waals surface area contributed by atoms with E-state index in [1.54, 1.807) is 36.4 Å². The summed E-state index contributed by atoms with van der Waals surface area (Å²) in [6, 6.07) is 43.0. The van der Waals surface area contributed by atoms with Crippen LogP contribution >= 0.6 is 11.3 Å². The fourth-order valence-corrected chi connectivity index (χ4v) is 11.2. The number of aliphatic hydroxyl groups excluding tert-OH is 2. The number of para-hydroxylation sites is 1. The van der Waals surface area contributed by atoms with Crippen molar-refractivity contribution in [1.82, 2.24) is 15.2 Å². The van der Waals surface area contributed by atoms with Gasteiger partial charge in [0.2, 0.25) is 11.8 Å². The number of ether oxygens (including phenoxy) is 2. The van der Waals surface area contributed by atoms with Crippen molar-refractivity contribution >= 4 is 56.2 Å². The normalized spacial score (nSPS) is 22.0. The van der Waals surface area contributed by atoms with Gasteiger partial charge in [0.25, 0.3) is 0 Å². The smallest absolute Gasteiger partial charge is 0.329 e. The van der Waals surface area contributed by atoms with Crippen LogP contribution in [0.25, 0.3) is 10.2 Å². The minimum Gasteiger partial charge on any atom is -0.491 e. The summed E-state index contributed by atoms with van der Waals surface area (Å²) in [7, 11) is 0. The van der Waals surface area contributed by atoms with E-state index in [0.717, 1.165) is 20.7 Å². The average Bonchev–Trinajstić information content (AvgIpc) is 4.02. The number of hydrogen-bond acceptors (Lipinski definition) is 11. The number of benzene rings is 6. The lowest BCUT2D eigenvalue weighted by Gasteiger charge is -2.46. The van der Waals surface area contributed by atoms with E-state index >= 15 is 19.2 Å². The topological polar surface area (TPSA) is 171 Å². The Morgan fingerprint density at radius 3 is 2.23 bits per heavy atom. The maximum atomic E-state index is 16.7. The molecule has 13 nitrogen and oxygen atoms in total. The van der Waals surface area contributed by atoms with Crippen LogP contribution in [0.3, 0.4) is 0 Å². The van der Waals surface area contributed by atoms with Gasteiger partial charge in [0.05, 0.1) is 53.2 Å². The molecule has 7 aromatic rings. The fraction of sp³-hybridized carbons (Fsp3) is 0.218. The lowest BCUT2D eigenvalue weighted by molar-refractivity contribution is -0.177. The predicted molar refractivity (Wildman–Crippen MR) is 261 cm³/mol. The van der Waals surface area contributed by atoms with E-state index in [-0.39, 0.29) is 42.6 Å². The highest BCUT2D eigenvalue weighted by Crippen LogP contribution is 2.66. The molecule has 6 aromatic carbocycles. The lowest BCUT2D eigenvalue weighted by atomic mass is 9.65. The number of aromatic nitrogens is 1. The highest BCUT2D eigenvalue weighted by Gasteiger charge is 2.75. The molecule has 0 bridgehead atoms. The number of aliphatic hydroxyl groups is 2. The molecule has 3 aliphatic heterocycles. The summed E-state index contributed by atoms with van der Waals surface area (Å²) in [5, 5.41) is 25.9. The molecular formula is C55H47N5O8S.